The van der Waals surface area contributed by atoms with Crippen LogP contribution < -0.4 is 10.1 Å². The van der Waals surface area contributed by atoms with E-state index in [2.05, 4.69) is 17.1 Å². The first-order chi connectivity index (χ1) is 11.2. The summed E-state index contributed by atoms with van der Waals surface area (Å²) >= 11 is 0. The molecule has 2 heterocycles. The Morgan fingerprint density at radius 2 is 1.87 bits per heavy atom. The van der Waals surface area contributed by atoms with E-state index < -0.39 is 0 Å². The van der Waals surface area contributed by atoms with Gasteiger partial charge in [0, 0.05) is 0 Å². The third kappa shape index (κ3) is 2.04. The van der Waals surface area contributed by atoms with Gasteiger partial charge < -0.3 is 0 Å². The number of rotatable bonds is 2. The van der Waals surface area contributed by atoms with Crippen LogP contribution >= 0.6 is 0 Å². The SMILES string of the molecule is CCc1ccc(-n2[nH][n+]3c(c(C)nc4ccccc43)c2=O)cc1. The van der Waals surface area contributed by atoms with Crippen LogP contribution in [0.5, 0.6) is 0 Å². The number of hydrogen-bond donors (Lipinski definition) is 1. The lowest BCUT2D eigenvalue weighted by Gasteiger charge is -1.97. The summed E-state index contributed by atoms with van der Waals surface area (Å²) in [7, 11) is 0. The van der Waals surface area contributed by atoms with Gasteiger partial charge in [0.1, 0.15) is 5.52 Å². The Labute approximate surface area is 132 Å². The van der Waals surface area contributed by atoms with Crippen molar-refractivity contribution in [1.29, 1.82) is 0 Å². The summed E-state index contributed by atoms with van der Waals surface area (Å²) < 4.78 is 3.38. The fourth-order valence-electron chi connectivity index (χ4n) is 2.92. The molecule has 23 heavy (non-hydrogen) atoms. The molecule has 0 bridgehead atoms. The number of para-hydroxylation sites is 2. The minimum Gasteiger partial charge on any atom is -0.244 e. The lowest BCUT2D eigenvalue weighted by atomic mass is 10.1. The fourth-order valence-corrected chi connectivity index (χ4v) is 2.92. The predicted octanol–water partition coefficient (Wildman–Crippen LogP) is 2.32. The average Bonchev–Trinajstić information content (AvgIpc) is 2.93. The van der Waals surface area contributed by atoms with E-state index in [1.54, 1.807) is 4.68 Å². The summed E-state index contributed by atoms with van der Waals surface area (Å²) in [6.07, 6.45) is 0.976. The van der Waals surface area contributed by atoms with Crippen LogP contribution in [0.25, 0.3) is 22.2 Å². The molecule has 4 aromatic rings. The molecule has 0 aliphatic heterocycles. The number of fused-ring (bicyclic) bond motifs is 3. The number of aryl methyl sites for hydroxylation is 2. The van der Waals surface area contributed by atoms with Crippen molar-refractivity contribution in [1.82, 2.24) is 14.9 Å². The molecule has 0 fully saturated rings. The Balaban J connectivity index is 2.05. The van der Waals surface area contributed by atoms with Crippen LogP contribution in [0.2, 0.25) is 0 Å². The van der Waals surface area contributed by atoms with E-state index in [-0.39, 0.29) is 5.56 Å². The van der Waals surface area contributed by atoms with Crippen molar-refractivity contribution in [3.05, 3.63) is 70.1 Å². The van der Waals surface area contributed by atoms with E-state index in [9.17, 15) is 4.79 Å². The Morgan fingerprint density at radius 1 is 1.13 bits per heavy atom. The van der Waals surface area contributed by atoms with Gasteiger partial charge in [0.05, 0.1) is 5.69 Å². The number of benzene rings is 2. The molecule has 1 N–H and O–H groups in total. The third-order valence-electron chi connectivity index (χ3n) is 4.19. The summed E-state index contributed by atoms with van der Waals surface area (Å²) in [5.41, 5.74) is 5.00. The van der Waals surface area contributed by atoms with Gasteiger partial charge in [0.25, 0.3) is 5.52 Å². The molecular formula is C18H17N4O+. The van der Waals surface area contributed by atoms with E-state index in [1.165, 1.54) is 5.56 Å². The maximum absolute atomic E-state index is 12.8. The first kappa shape index (κ1) is 13.7. The molecule has 0 atom stereocenters. The molecular weight excluding hydrogens is 288 g/mol. The molecule has 0 aliphatic carbocycles. The highest BCUT2D eigenvalue weighted by Crippen LogP contribution is 2.11. The second kappa shape index (κ2) is 5.05. The smallest absolute Gasteiger partial charge is 0.244 e. The van der Waals surface area contributed by atoms with E-state index in [0.717, 1.165) is 23.1 Å². The van der Waals surface area contributed by atoms with E-state index >= 15 is 0 Å². The number of aromatic nitrogens is 4. The van der Waals surface area contributed by atoms with Crippen LogP contribution in [-0.2, 0) is 6.42 Å². The molecule has 0 spiro atoms. The van der Waals surface area contributed by atoms with Crippen molar-refractivity contribution in [3.8, 4) is 5.69 Å². The molecule has 0 unspecified atom stereocenters. The summed E-state index contributed by atoms with van der Waals surface area (Å²) in [5, 5.41) is 3.18. The number of aromatic amines is 1. The van der Waals surface area contributed by atoms with Gasteiger partial charge >= 0.3 is 5.56 Å². The Morgan fingerprint density at radius 3 is 2.61 bits per heavy atom. The molecule has 4 rings (SSSR count). The Hall–Kier alpha value is -2.95. The van der Waals surface area contributed by atoms with Gasteiger partial charge in [0.15, 0.2) is 11.2 Å². The second-order valence-electron chi connectivity index (χ2n) is 5.63. The summed E-state index contributed by atoms with van der Waals surface area (Å²) in [4.78, 5) is 17.4. The van der Waals surface area contributed by atoms with Crippen molar-refractivity contribution in [2.45, 2.75) is 20.3 Å². The van der Waals surface area contributed by atoms with Crippen LogP contribution in [0.3, 0.4) is 0 Å². The molecule has 0 saturated carbocycles. The molecule has 0 aliphatic rings. The number of H-pyrrole nitrogens is 1. The van der Waals surface area contributed by atoms with Crippen molar-refractivity contribution >= 4 is 16.6 Å². The van der Waals surface area contributed by atoms with Crippen LogP contribution in [0.4, 0.5) is 0 Å². The van der Waals surface area contributed by atoms with Crippen LogP contribution in [-0.4, -0.2) is 14.9 Å². The molecule has 114 valence electrons. The lowest BCUT2D eigenvalue weighted by molar-refractivity contribution is -0.556. The first-order valence-corrected chi connectivity index (χ1v) is 7.70. The molecule has 0 saturated heterocycles. The third-order valence-corrected chi connectivity index (χ3v) is 4.19. The summed E-state index contributed by atoms with van der Waals surface area (Å²) in [6, 6.07) is 15.8. The zero-order valence-corrected chi connectivity index (χ0v) is 13.1. The highest BCUT2D eigenvalue weighted by molar-refractivity contribution is 5.72. The maximum Gasteiger partial charge on any atom is 0.408 e. The van der Waals surface area contributed by atoms with Gasteiger partial charge in [-0.25, -0.2) is 9.78 Å². The molecule has 2 aromatic heterocycles. The van der Waals surface area contributed by atoms with Gasteiger partial charge in [-0.15, -0.1) is 4.52 Å². The zero-order chi connectivity index (χ0) is 16.0. The van der Waals surface area contributed by atoms with E-state index in [1.807, 2.05) is 60.0 Å². The lowest BCUT2D eigenvalue weighted by Crippen LogP contribution is -2.27. The van der Waals surface area contributed by atoms with Gasteiger partial charge in [-0.05, 0) is 43.2 Å². The summed E-state index contributed by atoms with van der Waals surface area (Å²) in [6.45, 7) is 3.97. The largest absolute Gasteiger partial charge is 0.408 e. The predicted molar refractivity (Wildman–Crippen MR) is 89.0 cm³/mol. The van der Waals surface area contributed by atoms with Crippen molar-refractivity contribution < 1.29 is 4.52 Å². The Bertz CT molecular complexity index is 1070. The topological polar surface area (TPSA) is 54.8 Å². The normalized spacial score (nSPS) is 11.4. The standard InChI is InChI=1S/C18H16N4O/c1-3-13-8-10-14(11-9-13)21-18(23)17-12(2)19-15-6-4-5-7-16(15)22(17)20-21/h4-11H,3H2,1-2H3/p+1. The minimum absolute atomic E-state index is 0.0926. The van der Waals surface area contributed by atoms with Gasteiger partial charge in [0.2, 0.25) is 0 Å². The molecule has 0 radical (unpaired) electrons. The molecule has 5 nitrogen and oxygen atoms in total. The number of nitrogens with zero attached hydrogens (tertiary/aromatic N) is 3. The monoisotopic (exact) mass is 305 g/mol. The molecule has 0 amide bonds. The Kier molecular flexibility index (Phi) is 3.01. The van der Waals surface area contributed by atoms with Crippen LogP contribution in [0, 0.1) is 6.92 Å². The van der Waals surface area contributed by atoms with E-state index in [4.69, 9.17) is 0 Å². The number of hydrogen-bond acceptors (Lipinski definition) is 2. The van der Waals surface area contributed by atoms with E-state index in [0.29, 0.717) is 11.2 Å². The second-order valence-corrected chi connectivity index (χ2v) is 5.63. The summed E-state index contributed by atoms with van der Waals surface area (Å²) in [5.74, 6) is 0. The minimum atomic E-state index is -0.0926. The first-order valence-electron chi connectivity index (χ1n) is 7.70. The maximum atomic E-state index is 12.8. The van der Waals surface area contributed by atoms with Gasteiger partial charge in [-0.1, -0.05) is 41.1 Å². The highest BCUT2D eigenvalue weighted by atomic mass is 16.1. The fraction of sp³-hybridized carbons (Fsp3) is 0.167. The van der Waals surface area contributed by atoms with Crippen molar-refractivity contribution in [2.75, 3.05) is 0 Å². The quantitative estimate of drug-likeness (QED) is 0.578. The van der Waals surface area contributed by atoms with Gasteiger partial charge in [-0.3, -0.25) is 0 Å². The highest BCUT2D eigenvalue weighted by Gasteiger charge is 2.22. The van der Waals surface area contributed by atoms with Crippen molar-refractivity contribution in [2.24, 2.45) is 0 Å². The zero-order valence-electron chi connectivity index (χ0n) is 13.1. The van der Waals surface area contributed by atoms with Crippen molar-refractivity contribution in [3.63, 3.8) is 0 Å². The molecule has 2 aromatic carbocycles. The van der Waals surface area contributed by atoms with Crippen LogP contribution in [0.1, 0.15) is 18.2 Å². The van der Waals surface area contributed by atoms with Crippen LogP contribution in [0.15, 0.2) is 53.3 Å². The molecule has 5 heteroatoms. The van der Waals surface area contributed by atoms with Gasteiger partial charge in [-0.2, -0.15) is 0 Å². The number of nitrogens with one attached hydrogen (secondary N) is 1. The average molecular weight is 305 g/mol.